The Balaban J connectivity index is 0.000000722. The molecule has 0 aliphatic carbocycles. The molecule has 2 saturated heterocycles. The molecule has 0 bridgehead atoms. The van der Waals surface area contributed by atoms with Gasteiger partial charge in [-0.25, -0.2) is 0 Å². The fourth-order valence-corrected chi connectivity index (χ4v) is 5.96. The van der Waals surface area contributed by atoms with E-state index in [1.54, 1.807) is 21.3 Å². The van der Waals surface area contributed by atoms with E-state index in [1.807, 2.05) is 27.7 Å². The van der Waals surface area contributed by atoms with Crippen molar-refractivity contribution < 1.29 is 65.8 Å². The van der Waals surface area contributed by atoms with Crippen molar-refractivity contribution in [3.63, 3.8) is 0 Å². The topological polar surface area (TPSA) is 105 Å². The number of rotatable bonds is 12. The first-order valence-corrected chi connectivity index (χ1v) is 14.3. The maximum Gasteiger partial charge on any atom is 0.186 e. The number of aliphatic hydroxyl groups excluding tert-OH is 2. The molecule has 2 heterocycles. The molecule has 10 unspecified atom stereocenters. The Bertz CT molecular complexity index is 570. The third kappa shape index (κ3) is 10.9. The molecule has 0 aromatic heterocycles. The van der Waals surface area contributed by atoms with Gasteiger partial charge in [0, 0.05) is 61.5 Å². The Morgan fingerprint density at radius 3 is 1.33 bits per heavy atom. The summed E-state index contributed by atoms with van der Waals surface area (Å²) in [7, 11) is 5.04. The summed E-state index contributed by atoms with van der Waals surface area (Å²) in [6.07, 6.45) is -0.610. The molecular weight excluding hydrogens is 600 g/mol. The molecule has 10 heteroatoms. The van der Waals surface area contributed by atoms with Gasteiger partial charge in [0.2, 0.25) is 0 Å². The van der Waals surface area contributed by atoms with E-state index in [2.05, 4.69) is 34.6 Å². The maximum atomic E-state index is 9.60. The summed E-state index contributed by atoms with van der Waals surface area (Å²) in [6, 6.07) is 0. The minimum absolute atomic E-state index is 0. The van der Waals surface area contributed by atoms with E-state index in [0.29, 0.717) is 11.8 Å². The molecule has 2 rings (SSSR count). The van der Waals surface area contributed by atoms with Crippen LogP contribution in [0, 0.1) is 29.6 Å². The van der Waals surface area contributed by atoms with Gasteiger partial charge in [0.15, 0.2) is 12.6 Å². The minimum Gasteiger partial charge on any atom is -0.394 e. The van der Waals surface area contributed by atoms with Crippen LogP contribution in [0.3, 0.4) is 0 Å². The Kier molecular flexibility index (Phi) is 19.7. The molecule has 39 heavy (non-hydrogen) atoms. The molecule has 239 valence electrons. The van der Waals surface area contributed by atoms with Crippen molar-refractivity contribution in [3.8, 4) is 0 Å². The standard InChI is InChI=1S/C15H30O4.C14H28O5.Ag/c1-7-11-14(17-6)13(9(2)3)12(8-16)19-15(11)18-10(4)5;1-8(2)11-10(7-15)19-14(18-9(3)4)13(17-6)12(11)16-5;/h9-16H,7-8H2,1-6H3;8-15H,7H2,1-6H3;. The first kappa shape index (κ1) is 39.4. The van der Waals surface area contributed by atoms with Crippen molar-refractivity contribution in [1.82, 2.24) is 0 Å². The van der Waals surface area contributed by atoms with Crippen LogP contribution in [-0.2, 0) is 55.5 Å². The van der Waals surface area contributed by atoms with Gasteiger partial charge in [-0.2, -0.15) is 0 Å². The van der Waals surface area contributed by atoms with Gasteiger partial charge in [0.25, 0.3) is 0 Å². The molecule has 2 aliphatic heterocycles. The normalized spacial score (nSPS) is 35.2. The predicted molar refractivity (Wildman–Crippen MR) is 147 cm³/mol. The van der Waals surface area contributed by atoms with Crippen molar-refractivity contribution >= 4 is 0 Å². The van der Waals surface area contributed by atoms with Crippen LogP contribution in [0.25, 0.3) is 0 Å². The first-order chi connectivity index (χ1) is 17.9. The van der Waals surface area contributed by atoms with Gasteiger partial charge in [-0.05, 0) is 46.0 Å². The molecule has 2 aliphatic rings. The monoisotopic (exact) mass is 657 g/mol. The van der Waals surface area contributed by atoms with E-state index in [1.165, 1.54) is 0 Å². The first-order valence-electron chi connectivity index (χ1n) is 14.3. The van der Waals surface area contributed by atoms with Crippen molar-refractivity contribution in [2.75, 3.05) is 34.5 Å². The predicted octanol–water partition coefficient (Wildman–Crippen LogP) is 3.87. The van der Waals surface area contributed by atoms with Crippen LogP contribution in [0.15, 0.2) is 0 Å². The van der Waals surface area contributed by atoms with E-state index in [9.17, 15) is 10.2 Å². The van der Waals surface area contributed by atoms with E-state index in [-0.39, 0.29) is 102 Å². The van der Waals surface area contributed by atoms with Crippen LogP contribution < -0.4 is 0 Å². The molecular formula is C29H58AgO9. The minimum atomic E-state index is -0.512. The summed E-state index contributed by atoms with van der Waals surface area (Å²) < 4.78 is 40.4. The molecule has 0 aromatic rings. The molecule has 0 aromatic carbocycles. The van der Waals surface area contributed by atoms with E-state index in [4.69, 9.17) is 33.2 Å². The number of ether oxygens (including phenoxy) is 7. The van der Waals surface area contributed by atoms with Crippen molar-refractivity contribution in [2.45, 2.75) is 124 Å². The largest absolute Gasteiger partial charge is 0.394 e. The molecule has 1 radical (unpaired) electrons. The quantitative estimate of drug-likeness (QED) is 0.303. The second-order valence-corrected chi connectivity index (χ2v) is 11.6. The van der Waals surface area contributed by atoms with Crippen LogP contribution in [0.2, 0.25) is 0 Å². The molecule has 10 atom stereocenters. The van der Waals surface area contributed by atoms with Gasteiger partial charge in [0.05, 0.1) is 49.8 Å². The van der Waals surface area contributed by atoms with Gasteiger partial charge in [-0.3, -0.25) is 0 Å². The van der Waals surface area contributed by atoms with E-state index < -0.39 is 6.29 Å². The number of methoxy groups -OCH3 is 3. The van der Waals surface area contributed by atoms with Crippen LogP contribution in [0.4, 0.5) is 0 Å². The average Bonchev–Trinajstić information content (AvgIpc) is 2.86. The zero-order valence-corrected chi connectivity index (χ0v) is 27.7. The van der Waals surface area contributed by atoms with Crippen molar-refractivity contribution in [1.29, 1.82) is 0 Å². The molecule has 0 amide bonds. The summed E-state index contributed by atoms with van der Waals surface area (Å²) in [5, 5.41) is 19.2. The summed E-state index contributed by atoms with van der Waals surface area (Å²) in [6.45, 7) is 18.5. The van der Waals surface area contributed by atoms with Gasteiger partial charge < -0.3 is 43.4 Å². The van der Waals surface area contributed by atoms with E-state index in [0.717, 1.165) is 6.42 Å². The van der Waals surface area contributed by atoms with Crippen LogP contribution in [0.1, 0.15) is 68.7 Å². The molecule has 2 N–H and O–H groups in total. The summed E-state index contributed by atoms with van der Waals surface area (Å²) >= 11 is 0. The smallest absolute Gasteiger partial charge is 0.186 e. The Hall–Kier alpha value is 0.380. The number of hydrogen-bond acceptors (Lipinski definition) is 9. The fourth-order valence-electron chi connectivity index (χ4n) is 5.96. The number of aliphatic hydroxyl groups is 2. The van der Waals surface area contributed by atoms with Gasteiger partial charge in [0.1, 0.15) is 6.10 Å². The maximum absolute atomic E-state index is 9.60. The van der Waals surface area contributed by atoms with Gasteiger partial charge in [-0.15, -0.1) is 0 Å². The SMILES string of the molecule is CCC1C(OC(C)C)OC(CO)C(C(C)C)C1OC.COC1C(OC(C)C)OC(CO)C(C(C)C)C1OC.[Ag]. The second-order valence-electron chi connectivity index (χ2n) is 11.6. The summed E-state index contributed by atoms with van der Waals surface area (Å²) in [5.41, 5.74) is 0. The third-order valence-corrected chi connectivity index (χ3v) is 7.60. The van der Waals surface area contributed by atoms with Gasteiger partial charge >= 0.3 is 0 Å². The molecule has 0 spiro atoms. The van der Waals surface area contributed by atoms with Crippen LogP contribution in [-0.4, -0.2) is 100 Å². The van der Waals surface area contributed by atoms with Crippen molar-refractivity contribution in [3.05, 3.63) is 0 Å². The Morgan fingerprint density at radius 1 is 0.615 bits per heavy atom. The number of hydrogen-bond donors (Lipinski definition) is 2. The summed E-state index contributed by atoms with van der Waals surface area (Å²) in [4.78, 5) is 0. The average molecular weight is 659 g/mol. The molecule has 0 saturated carbocycles. The third-order valence-electron chi connectivity index (χ3n) is 7.60. The van der Waals surface area contributed by atoms with Crippen LogP contribution >= 0.6 is 0 Å². The zero-order valence-electron chi connectivity index (χ0n) is 26.3. The molecule has 9 nitrogen and oxygen atoms in total. The summed E-state index contributed by atoms with van der Waals surface area (Å²) in [5.74, 6) is 1.21. The Labute approximate surface area is 253 Å². The second kappa shape index (κ2) is 19.5. The molecule has 2 fully saturated rings. The van der Waals surface area contributed by atoms with Gasteiger partial charge in [-0.1, -0.05) is 34.6 Å². The Morgan fingerprint density at radius 2 is 1.00 bits per heavy atom. The zero-order chi connectivity index (χ0) is 29.2. The van der Waals surface area contributed by atoms with Crippen molar-refractivity contribution in [2.24, 2.45) is 29.6 Å². The fraction of sp³-hybridized carbons (Fsp3) is 1.00. The van der Waals surface area contributed by atoms with Crippen LogP contribution in [0.5, 0.6) is 0 Å². The van der Waals surface area contributed by atoms with E-state index >= 15 is 0 Å².